The van der Waals surface area contributed by atoms with Gasteiger partial charge in [0.05, 0.1) is 18.6 Å². The lowest BCUT2D eigenvalue weighted by atomic mass is 10.2. The van der Waals surface area contributed by atoms with Crippen LogP contribution >= 0.6 is 0 Å². The lowest BCUT2D eigenvalue weighted by Crippen LogP contribution is -2.23. The lowest BCUT2D eigenvalue weighted by molar-refractivity contribution is -0.120. The number of hydrogen-bond acceptors (Lipinski definition) is 2. The molecule has 100 valence electrons. The summed E-state index contributed by atoms with van der Waals surface area (Å²) in [5.74, 6) is 0.623. The van der Waals surface area contributed by atoms with Gasteiger partial charge in [-0.1, -0.05) is 32.9 Å². The van der Waals surface area contributed by atoms with E-state index in [4.69, 9.17) is 0 Å². The maximum Gasteiger partial charge on any atom is 0.224 e. The Hall–Kier alpha value is -1.58. The standard InChI is InChI=1S/C14H23N3O/c1-4-5-6-7-14(18)16-9-13-8-15-11-17(13)10-12(2)3/h5-6,8,11-12H,4,7,9-10H2,1-3H3,(H,16,18)/b6-5+. The van der Waals surface area contributed by atoms with Gasteiger partial charge in [-0.25, -0.2) is 4.98 Å². The van der Waals surface area contributed by atoms with Gasteiger partial charge in [0, 0.05) is 19.2 Å². The topological polar surface area (TPSA) is 46.9 Å². The Kier molecular flexibility index (Phi) is 6.19. The van der Waals surface area contributed by atoms with Crippen LogP contribution in [0.3, 0.4) is 0 Å². The molecule has 4 heteroatoms. The third-order valence-electron chi connectivity index (χ3n) is 2.53. The van der Waals surface area contributed by atoms with E-state index in [1.165, 1.54) is 0 Å². The normalized spacial score (nSPS) is 11.3. The molecule has 1 aromatic rings. The number of allylic oxidation sites excluding steroid dienone is 1. The van der Waals surface area contributed by atoms with Gasteiger partial charge in [-0.15, -0.1) is 0 Å². The van der Waals surface area contributed by atoms with E-state index in [9.17, 15) is 4.79 Å². The van der Waals surface area contributed by atoms with Crippen molar-refractivity contribution in [1.82, 2.24) is 14.9 Å². The fourth-order valence-corrected chi connectivity index (χ4v) is 1.67. The van der Waals surface area contributed by atoms with Gasteiger partial charge in [0.2, 0.25) is 5.91 Å². The highest BCUT2D eigenvalue weighted by Gasteiger charge is 2.05. The monoisotopic (exact) mass is 249 g/mol. The lowest BCUT2D eigenvalue weighted by Gasteiger charge is -2.10. The molecule has 0 aliphatic rings. The predicted octanol–water partition coefficient (Wildman–Crippen LogP) is 2.51. The molecule has 1 amide bonds. The summed E-state index contributed by atoms with van der Waals surface area (Å²) in [5.41, 5.74) is 1.05. The minimum atomic E-state index is 0.0528. The average molecular weight is 249 g/mol. The minimum absolute atomic E-state index is 0.0528. The van der Waals surface area contributed by atoms with Gasteiger partial charge < -0.3 is 9.88 Å². The van der Waals surface area contributed by atoms with Crippen LogP contribution in [0.15, 0.2) is 24.7 Å². The van der Waals surface area contributed by atoms with Crippen LogP contribution in [0.25, 0.3) is 0 Å². The molecule has 4 nitrogen and oxygen atoms in total. The second-order valence-corrected chi connectivity index (χ2v) is 4.79. The summed E-state index contributed by atoms with van der Waals surface area (Å²) in [6.07, 6.45) is 8.95. The highest BCUT2D eigenvalue weighted by atomic mass is 16.1. The summed E-state index contributed by atoms with van der Waals surface area (Å²) < 4.78 is 2.09. The molecular weight excluding hydrogens is 226 g/mol. The Labute approximate surface area is 109 Å². The first kappa shape index (κ1) is 14.5. The number of hydrogen-bond donors (Lipinski definition) is 1. The Morgan fingerprint density at radius 2 is 2.28 bits per heavy atom. The molecule has 0 spiro atoms. The minimum Gasteiger partial charge on any atom is -0.350 e. The van der Waals surface area contributed by atoms with Gasteiger partial charge in [0.15, 0.2) is 0 Å². The number of nitrogens with one attached hydrogen (secondary N) is 1. The van der Waals surface area contributed by atoms with Crippen LogP contribution in [-0.2, 0) is 17.9 Å². The van der Waals surface area contributed by atoms with Crippen LogP contribution in [0, 0.1) is 5.92 Å². The number of carbonyl (C=O) groups excluding carboxylic acids is 1. The van der Waals surface area contributed by atoms with Crippen molar-refractivity contribution in [3.63, 3.8) is 0 Å². The molecule has 0 aliphatic carbocycles. The fourth-order valence-electron chi connectivity index (χ4n) is 1.67. The molecule has 0 fully saturated rings. The Balaban J connectivity index is 2.41. The van der Waals surface area contributed by atoms with Crippen molar-refractivity contribution in [2.75, 3.05) is 0 Å². The largest absolute Gasteiger partial charge is 0.350 e. The van der Waals surface area contributed by atoms with Gasteiger partial charge in [-0.3, -0.25) is 4.79 Å². The molecular formula is C14H23N3O. The van der Waals surface area contributed by atoms with E-state index in [1.807, 2.05) is 24.7 Å². The Morgan fingerprint density at radius 1 is 1.50 bits per heavy atom. The van der Waals surface area contributed by atoms with Crippen LogP contribution in [0.1, 0.15) is 39.3 Å². The van der Waals surface area contributed by atoms with Crippen molar-refractivity contribution >= 4 is 5.91 Å². The smallest absolute Gasteiger partial charge is 0.224 e. The molecule has 1 N–H and O–H groups in total. The highest BCUT2D eigenvalue weighted by molar-refractivity contribution is 5.77. The van der Waals surface area contributed by atoms with Crippen LogP contribution in [0.5, 0.6) is 0 Å². The summed E-state index contributed by atoms with van der Waals surface area (Å²) in [6, 6.07) is 0. The summed E-state index contributed by atoms with van der Waals surface area (Å²) >= 11 is 0. The van der Waals surface area contributed by atoms with Crippen LogP contribution in [0.2, 0.25) is 0 Å². The van der Waals surface area contributed by atoms with Crippen molar-refractivity contribution < 1.29 is 4.79 Å². The molecule has 1 aromatic heterocycles. The van der Waals surface area contributed by atoms with Gasteiger partial charge in [-0.2, -0.15) is 0 Å². The first-order chi connectivity index (χ1) is 8.63. The number of aromatic nitrogens is 2. The van der Waals surface area contributed by atoms with E-state index >= 15 is 0 Å². The third kappa shape index (κ3) is 5.17. The van der Waals surface area contributed by atoms with Crippen molar-refractivity contribution in [2.45, 2.75) is 46.7 Å². The van der Waals surface area contributed by atoms with Crippen molar-refractivity contribution in [3.8, 4) is 0 Å². The van der Waals surface area contributed by atoms with Crippen LogP contribution in [-0.4, -0.2) is 15.5 Å². The maximum absolute atomic E-state index is 11.6. The van der Waals surface area contributed by atoms with E-state index in [1.54, 1.807) is 0 Å². The second kappa shape index (κ2) is 7.69. The van der Waals surface area contributed by atoms with E-state index < -0.39 is 0 Å². The van der Waals surface area contributed by atoms with Crippen molar-refractivity contribution in [2.24, 2.45) is 5.92 Å². The van der Waals surface area contributed by atoms with Crippen LogP contribution in [0.4, 0.5) is 0 Å². The number of rotatable bonds is 7. The summed E-state index contributed by atoms with van der Waals surface area (Å²) in [5, 5.41) is 2.91. The van der Waals surface area contributed by atoms with E-state index in [-0.39, 0.29) is 5.91 Å². The van der Waals surface area contributed by atoms with Gasteiger partial charge >= 0.3 is 0 Å². The van der Waals surface area contributed by atoms with Crippen molar-refractivity contribution in [1.29, 1.82) is 0 Å². The molecule has 0 aliphatic heterocycles. The highest BCUT2D eigenvalue weighted by Crippen LogP contribution is 2.04. The molecule has 0 saturated carbocycles. The summed E-state index contributed by atoms with van der Waals surface area (Å²) in [4.78, 5) is 15.7. The summed E-state index contributed by atoms with van der Waals surface area (Å²) in [6.45, 7) is 7.86. The van der Waals surface area contributed by atoms with E-state index in [2.05, 4.69) is 35.6 Å². The first-order valence-corrected chi connectivity index (χ1v) is 6.54. The second-order valence-electron chi connectivity index (χ2n) is 4.79. The molecule has 0 bridgehead atoms. The number of amides is 1. The van der Waals surface area contributed by atoms with Gasteiger partial charge in [0.25, 0.3) is 0 Å². The fraction of sp³-hybridized carbons (Fsp3) is 0.571. The average Bonchev–Trinajstić information content (AvgIpc) is 2.73. The Morgan fingerprint density at radius 3 is 2.94 bits per heavy atom. The SMILES string of the molecule is CC/C=C/CC(=O)NCc1cncn1CC(C)C. The quantitative estimate of drug-likeness (QED) is 0.755. The first-order valence-electron chi connectivity index (χ1n) is 6.54. The zero-order chi connectivity index (χ0) is 13.4. The number of carbonyl (C=O) groups is 1. The molecule has 0 aromatic carbocycles. The zero-order valence-electron chi connectivity index (χ0n) is 11.5. The molecule has 1 rings (SSSR count). The molecule has 0 atom stereocenters. The van der Waals surface area contributed by atoms with Crippen molar-refractivity contribution in [3.05, 3.63) is 30.4 Å². The molecule has 0 radical (unpaired) electrons. The molecule has 0 unspecified atom stereocenters. The van der Waals surface area contributed by atoms with E-state index in [0.29, 0.717) is 18.9 Å². The van der Waals surface area contributed by atoms with Crippen LogP contribution < -0.4 is 5.32 Å². The summed E-state index contributed by atoms with van der Waals surface area (Å²) in [7, 11) is 0. The third-order valence-corrected chi connectivity index (χ3v) is 2.53. The molecule has 0 saturated heterocycles. The molecule has 1 heterocycles. The van der Waals surface area contributed by atoms with Gasteiger partial charge in [-0.05, 0) is 12.3 Å². The Bertz CT molecular complexity index is 393. The predicted molar refractivity (Wildman–Crippen MR) is 73.0 cm³/mol. The van der Waals surface area contributed by atoms with E-state index in [0.717, 1.165) is 18.7 Å². The maximum atomic E-state index is 11.6. The number of nitrogens with zero attached hydrogens (tertiary/aromatic N) is 2. The zero-order valence-corrected chi connectivity index (χ0v) is 11.5. The van der Waals surface area contributed by atoms with Gasteiger partial charge in [0.1, 0.15) is 0 Å². The number of imidazole rings is 1. The molecule has 18 heavy (non-hydrogen) atoms.